The van der Waals surface area contributed by atoms with Crippen molar-refractivity contribution in [3.8, 4) is 0 Å². The molecule has 8 nitrogen and oxygen atoms in total. The summed E-state index contributed by atoms with van der Waals surface area (Å²) < 4.78 is 4.93. The SMILES string of the molecule is Cc1cc(C(=O)Nc2nc3c(s2)CN(CC(=O)Nc2ccc(Cl)cc2)CC3)no1. The van der Waals surface area contributed by atoms with Crippen LogP contribution in [0.5, 0.6) is 0 Å². The molecule has 2 amide bonds. The molecule has 0 saturated heterocycles. The van der Waals surface area contributed by atoms with Crippen LogP contribution < -0.4 is 10.6 Å². The highest BCUT2D eigenvalue weighted by atomic mass is 35.5. The van der Waals surface area contributed by atoms with E-state index in [0.717, 1.165) is 23.5 Å². The lowest BCUT2D eigenvalue weighted by Crippen LogP contribution is -2.36. The molecule has 3 heterocycles. The molecule has 0 atom stereocenters. The maximum absolute atomic E-state index is 12.3. The van der Waals surface area contributed by atoms with Gasteiger partial charge in [-0.1, -0.05) is 16.8 Å². The van der Waals surface area contributed by atoms with Gasteiger partial charge in [0.15, 0.2) is 10.8 Å². The summed E-state index contributed by atoms with van der Waals surface area (Å²) in [5, 5.41) is 10.5. The van der Waals surface area contributed by atoms with Gasteiger partial charge in [-0.2, -0.15) is 0 Å². The lowest BCUT2D eigenvalue weighted by Gasteiger charge is -2.25. The Balaban J connectivity index is 1.34. The molecule has 1 aromatic carbocycles. The third kappa shape index (κ3) is 4.81. The topological polar surface area (TPSA) is 100 Å². The number of nitrogens with one attached hydrogen (secondary N) is 2. The van der Waals surface area contributed by atoms with E-state index in [1.54, 1.807) is 37.3 Å². The first-order valence-corrected chi connectivity index (χ1v) is 10.2. The summed E-state index contributed by atoms with van der Waals surface area (Å²) in [4.78, 5) is 32.1. The van der Waals surface area contributed by atoms with E-state index in [1.807, 2.05) is 0 Å². The van der Waals surface area contributed by atoms with Gasteiger partial charge in [0.05, 0.1) is 12.2 Å². The number of rotatable bonds is 5. The summed E-state index contributed by atoms with van der Waals surface area (Å²) in [5.41, 5.74) is 1.88. The second-order valence-electron chi connectivity index (χ2n) is 6.68. The van der Waals surface area contributed by atoms with Crippen LogP contribution in [0.25, 0.3) is 0 Å². The molecule has 2 N–H and O–H groups in total. The van der Waals surface area contributed by atoms with Gasteiger partial charge in [-0.15, -0.1) is 11.3 Å². The molecule has 0 unspecified atom stereocenters. The van der Waals surface area contributed by atoms with Crippen LogP contribution >= 0.6 is 22.9 Å². The molecule has 10 heteroatoms. The Hall–Kier alpha value is -2.75. The number of benzene rings is 1. The Morgan fingerprint density at radius 3 is 2.79 bits per heavy atom. The molecule has 0 bridgehead atoms. The van der Waals surface area contributed by atoms with Crippen molar-refractivity contribution in [1.82, 2.24) is 15.0 Å². The zero-order valence-electron chi connectivity index (χ0n) is 15.6. The molecule has 4 rings (SSSR count). The van der Waals surface area contributed by atoms with Crippen LogP contribution in [-0.2, 0) is 17.8 Å². The fourth-order valence-electron chi connectivity index (χ4n) is 3.01. The summed E-state index contributed by atoms with van der Waals surface area (Å²) in [6.45, 7) is 3.34. The zero-order valence-corrected chi connectivity index (χ0v) is 17.1. The molecule has 0 radical (unpaired) electrons. The molecule has 0 saturated carbocycles. The summed E-state index contributed by atoms with van der Waals surface area (Å²) in [5.74, 6) is 0.128. The Kier molecular flexibility index (Phi) is 5.61. The Bertz CT molecular complexity index is 1050. The second kappa shape index (κ2) is 8.32. The number of amides is 2. The number of carbonyl (C=O) groups excluding carboxylic acids is 2. The number of hydrogen-bond acceptors (Lipinski definition) is 7. The van der Waals surface area contributed by atoms with Crippen molar-refractivity contribution in [1.29, 1.82) is 0 Å². The van der Waals surface area contributed by atoms with Crippen molar-refractivity contribution in [3.05, 3.63) is 57.4 Å². The highest BCUT2D eigenvalue weighted by molar-refractivity contribution is 7.15. The highest BCUT2D eigenvalue weighted by Crippen LogP contribution is 2.28. The van der Waals surface area contributed by atoms with Crippen molar-refractivity contribution in [3.63, 3.8) is 0 Å². The van der Waals surface area contributed by atoms with Gasteiger partial charge in [0.25, 0.3) is 5.91 Å². The van der Waals surface area contributed by atoms with Gasteiger partial charge in [0.2, 0.25) is 5.91 Å². The van der Waals surface area contributed by atoms with Gasteiger partial charge in [0.1, 0.15) is 5.76 Å². The van der Waals surface area contributed by atoms with Gasteiger partial charge in [-0.25, -0.2) is 4.98 Å². The van der Waals surface area contributed by atoms with Gasteiger partial charge < -0.3 is 9.84 Å². The lowest BCUT2D eigenvalue weighted by molar-refractivity contribution is -0.117. The van der Waals surface area contributed by atoms with Crippen LogP contribution in [0.15, 0.2) is 34.9 Å². The van der Waals surface area contributed by atoms with Gasteiger partial charge in [-0.05, 0) is 31.2 Å². The molecule has 3 aromatic rings. The quantitative estimate of drug-likeness (QED) is 0.642. The lowest BCUT2D eigenvalue weighted by atomic mass is 10.2. The average molecular weight is 432 g/mol. The van der Waals surface area contributed by atoms with Crippen LogP contribution in [0.3, 0.4) is 0 Å². The van der Waals surface area contributed by atoms with Gasteiger partial charge in [-0.3, -0.25) is 19.8 Å². The van der Waals surface area contributed by atoms with E-state index in [2.05, 4.69) is 25.7 Å². The predicted molar refractivity (Wildman–Crippen MR) is 110 cm³/mol. The fraction of sp³-hybridized carbons (Fsp3) is 0.263. The largest absolute Gasteiger partial charge is 0.361 e. The van der Waals surface area contributed by atoms with E-state index < -0.39 is 0 Å². The summed E-state index contributed by atoms with van der Waals surface area (Å²) in [7, 11) is 0. The molecule has 1 aliphatic rings. The number of thiazole rings is 1. The molecule has 2 aromatic heterocycles. The number of fused-ring (bicyclic) bond motifs is 1. The average Bonchev–Trinajstić information content (AvgIpc) is 3.29. The number of halogens is 1. The Morgan fingerprint density at radius 1 is 1.28 bits per heavy atom. The Labute approximate surface area is 175 Å². The summed E-state index contributed by atoms with van der Waals surface area (Å²) in [6.07, 6.45) is 0.721. The van der Waals surface area contributed by atoms with Crippen molar-refractivity contribution in [2.24, 2.45) is 0 Å². The van der Waals surface area contributed by atoms with Crippen molar-refractivity contribution in [2.75, 3.05) is 23.7 Å². The van der Waals surface area contributed by atoms with Crippen LogP contribution in [0.1, 0.15) is 26.8 Å². The second-order valence-corrected chi connectivity index (χ2v) is 8.20. The van der Waals surface area contributed by atoms with Gasteiger partial charge >= 0.3 is 0 Å². The highest BCUT2D eigenvalue weighted by Gasteiger charge is 2.23. The van der Waals surface area contributed by atoms with E-state index in [9.17, 15) is 9.59 Å². The van der Waals surface area contributed by atoms with E-state index in [4.69, 9.17) is 16.1 Å². The predicted octanol–water partition coefficient (Wildman–Crippen LogP) is 3.34. The number of anilines is 2. The maximum atomic E-state index is 12.3. The fourth-order valence-corrected chi connectivity index (χ4v) is 4.18. The molecular formula is C19H18ClN5O3S. The first kappa shape index (κ1) is 19.6. The zero-order chi connectivity index (χ0) is 20.4. The van der Waals surface area contributed by atoms with E-state index in [1.165, 1.54) is 11.3 Å². The minimum atomic E-state index is -0.354. The maximum Gasteiger partial charge on any atom is 0.279 e. The standard InChI is InChI=1S/C19H18ClN5O3S/c1-11-8-15(24-28-11)18(27)23-19-22-14-6-7-25(9-16(14)29-19)10-17(26)21-13-4-2-12(20)3-5-13/h2-5,8H,6-7,9-10H2,1H3,(H,21,26)(H,22,23,27). The molecule has 150 valence electrons. The van der Waals surface area contributed by atoms with Crippen LogP contribution in [-0.4, -0.2) is 39.9 Å². The molecule has 0 aliphatic carbocycles. The molecule has 29 heavy (non-hydrogen) atoms. The normalized spacial score (nSPS) is 13.7. The third-order valence-electron chi connectivity index (χ3n) is 4.39. The van der Waals surface area contributed by atoms with Crippen molar-refractivity contribution in [2.45, 2.75) is 19.9 Å². The summed E-state index contributed by atoms with van der Waals surface area (Å²) in [6, 6.07) is 8.58. The number of carbonyl (C=O) groups is 2. The van der Waals surface area contributed by atoms with Crippen LogP contribution in [0.4, 0.5) is 10.8 Å². The third-order valence-corrected chi connectivity index (χ3v) is 5.64. The van der Waals surface area contributed by atoms with E-state index in [-0.39, 0.29) is 24.1 Å². The number of nitrogens with zero attached hydrogens (tertiary/aromatic N) is 3. The van der Waals surface area contributed by atoms with Crippen LogP contribution in [0.2, 0.25) is 5.02 Å². The first-order valence-electron chi connectivity index (χ1n) is 8.97. The minimum absolute atomic E-state index is 0.0878. The molecule has 0 spiro atoms. The number of aryl methyl sites for hydroxylation is 1. The summed E-state index contributed by atoms with van der Waals surface area (Å²) >= 11 is 7.27. The van der Waals surface area contributed by atoms with Crippen LogP contribution in [0, 0.1) is 6.92 Å². The van der Waals surface area contributed by atoms with E-state index in [0.29, 0.717) is 28.1 Å². The van der Waals surface area contributed by atoms with Gasteiger partial charge in [0, 0.05) is 41.2 Å². The monoisotopic (exact) mass is 431 g/mol. The van der Waals surface area contributed by atoms with E-state index >= 15 is 0 Å². The minimum Gasteiger partial charge on any atom is -0.361 e. The van der Waals surface area contributed by atoms with Crippen molar-refractivity contribution < 1.29 is 14.1 Å². The molecular weight excluding hydrogens is 414 g/mol. The number of hydrogen-bond donors (Lipinski definition) is 2. The van der Waals surface area contributed by atoms with Crippen molar-refractivity contribution >= 4 is 45.6 Å². The molecule has 0 fully saturated rings. The smallest absolute Gasteiger partial charge is 0.279 e. The molecule has 1 aliphatic heterocycles. The Morgan fingerprint density at radius 2 is 2.07 bits per heavy atom. The number of aromatic nitrogens is 2. The first-order chi connectivity index (χ1) is 14.0.